The third-order valence-corrected chi connectivity index (χ3v) is 5.67. The van der Waals surface area contributed by atoms with E-state index in [2.05, 4.69) is 11.5 Å². The molecule has 64 valence electrons. The summed E-state index contributed by atoms with van der Waals surface area (Å²) in [7, 11) is 7.71. The van der Waals surface area contributed by atoms with Crippen LogP contribution in [0.2, 0.25) is 0 Å². The van der Waals surface area contributed by atoms with Gasteiger partial charge >= 0.3 is 0 Å². The lowest BCUT2D eigenvalue weighted by molar-refractivity contribution is 0.906. The van der Waals surface area contributed by atoms with Crippen molar-refractivity contribution in [3.05, 3.63) is 11.5 Å². The molecule has 0 amide bonds. The first-order valence-corrected chi connectivity index (χ1v) is 8.55. The van der Waals surface area contributed by atoms with E-state index in [-0.39, 0.29) is 0 Å². The van der Waals surface area contributed by atoms with E-state index in [4.69, 9.17) is 0 Å². The maximum Gasteiger partial charge on any atom is 0.0229 e. The molecule has 1 fully saturated rings. The van der Waals surface area contributed by atoms with E-state index < -0.39 is 0 Å². The molecular weight excluding hydrogens is 212 g/mol. The van der Waals surface area contributed by atoms with Gasteiger partial charge in [-0.15, -0.1) is 0 Å². The number of hydrogen-bond donors (Lipinski definition) is 0. The van der Waals surface area contributed by atoms with Crippen LogP contribution in [0.25, 0.3) is 0 Å². The summed E-state index contributed by atoms with van der Waals surface area (Å²) in [5.41, 5.74) is 0. The van der Waals surface area contributed by atoms with Gasteiger partial charge in [0.1, 0.15) is 0 Å². The normalized spacial score (nSPS) is 22.5. The smallest absolute Gasteiger partial charge is 0.0229 e. The molecule has 0 aromatic carbocycles. The Balaban J connectivity index is 0.000000112. The van der Waals surface area contributed by atoms with Crippen LogP contribution in [-0.4, -0.2) is 17.3 Å². The van der Waals surface area contributed by atoms with Crippen LogP contribution >= 0.6 is 43.2 Å². The fraction of sp³-hybridized carbons (Fsp3) is 0.714. The Hall–Kier alpha value is 1.14. The quantitative estimate of drug-likeness (QED) is 0.569. The van der Waals surface area contributed by atoms with Crippen molar-refractivity contribution in [1.82, 2.24) is 0 Å². The van der Waals surface area contributed by atoms with Crippen LogP contribution in [-0.2, 0) is 0 Å². The highest BCUT2D eigenvalue weighted by atomic mass is 33.1. The Kier molecular flexibility index (Phi) is 7.22. The molecule has 0 saturated carbocycles. The second kappa shape index (κ2) is 7.77. The second-order valence-corrected chi connectivity index (χ2v) is 7.12. The first kappa shape index (κ1) is 10.2. The summed E-state index contributed by atoms with van der Waals surface area (Å²) in [6, 6.07) is 0. The van der Waals surface area contributed by atoms with E-state index in [1.54, 1.807) is 0 Å². The minimum Gasteiger partial charge on any atom is -0.0942 e. The Bertz CT molecular complexity index is 91.5. The molecular formula is C7H12S4. The molecule has 0 N–H and O–H groups in total. The summed E-state index contributed by atoms with van der Waals surface area (Å²) >= 11 is 0. The maximum atomic E-state index is 2.16. The zero-order chi connectivity index (χ0) is 7.78. The van der Waals surface area contributed by atoms with E-state index in [0.717, 1.165) is 0 Å². The molecule has 0 aromatic rings. The fourth-order valence-electron chi connectivity index (χ4n) is 0.636. The molecule has 11 heavy (non-hydrogen) atoms. The maximum absolute atomic E-state index is 2.16. The van der Waals surface area contributed by atoms with Crippen molar-refractivity contribution in [2.45, 2.75) is 12.8 Å². The van der Waals surface area contributed by atoms with Gasteiger partial charge in [-0.25, -0.2) is 0 Å². The average Bonchev–Trinajstić information content (AvgIpc) is 2.64. The van der Waals surface area contributed by atoms with Gasteiger partial charge in [-0.1, -0.05) is 49.3 Å². The van der Waals surface area contributed by atoms with Gasteiger partial charge in [-0.05, 0) is 18.2 Å². The van der Waals surface area contributed by atoms with Crippen LogP contribution in [0.3, 0.4) is 0 Å². The first-order chi connectivity index (χ1) is 5.50. The van der Waals surface area contributed by atoms with Crippen molar-refractivity contribution in [2.75, 3.05) is 17.3 Å². The van der Waals surface area contributed by atoms with Crippen molar-refractivity contribution >= 4 is 43.2 Å². The molecule has 0 radical (unpaired) electrons. The lowest BCUT2D eigenvalue weighted by Crippen LogP contribution is -1.86. The fourth-order valence-corrected chi connectivity index (χ4v) is 4.50. The first-order valence-electron chi connectivity index (χ1n) is 3.68. The van der Waals surface area contributed by atoms with E-state index in [1.807, 2.05) is 43.2 Å². The van der Waals surface area contributed by atoms with Crippen LogP contribution in [0.15, 0.2) is 11.5 Å². The molecule has 0 nitrogen and oxygen atoms in total. The standard InChI is InChI=1S/C4H8S2.C3H4S2/c1-2-4-6-5-3-1;1-2-4-5-3-1/h1-4H2;1-2H,3H2. The lowest BCUT2D eigenvalue weighted by Gasteiger charge is -2.04. The molecule has 0 atom stereocenters. The molecule has 0 bridgehead atoms. The van der Waals surface area contributed by atoms with Crippen LogP contribution < -0.4 is 0 Å². The van der Waals surface area contributed by atoms with Gasteiger partial charge in [0.25, 0.3) is 0 Å². The molecule has 2 aliphatic heterocycles. The third kappa shape index (κ3) is 6.31. The molecule has 2 rings (SSSR count). The summed E-state index contributed by atoms with van der Waals surface area (Å²) < 4.78 is 0. The Morgan fingerprint density at radius 1 is 0.909 bits per heavy atom. The van der Waals surface area contributed by atoms with E-state index in [0.29, 0.717) is 0 Å². The van der Waals surface area contributed by atoms with Crippen LogP contribution in [0.4, 0.5) is 0 Å². The van der Waals surface area contributed by atoms with Crippen LogP contribution in [0.5, 0.6) is 0 Å². The molecule has 0 aliphatic carbocycles. The SMILES string of the molecule is C1=CSSC1.C1CCSSC1. The van der Waals surface area contributed by atoms with Crippen molar-refractivity contribution in [1.29, 1.82) is 0 Å². The topological polar surface area (TPSA) is 0 Å². The largest absolute Gasteiger partial charge is 0.0942 e. The van der Waals surface area contributed by atoms with Gasteiger partial charge in [-0.2, -0.15) is 0 Å². The molecule has 1 saturated heterocycles. The second-order valence-electron chi connectivity index (χ2n) is 2.10. The van der Waals surface area contributed by atoms with Crippen molar-refractivity contribution in [2.24, 2.45) is 0 Å². The predicted octanol–water partition coefficient (Wildman–Crippen LogP) is 4.06. The predicted molar refractivity (Wildman–Crippen MR) is 63.3 cm³/mol. The molecule has 2 heterocycles. The summed E-state index contributed by atoms with van der Waals surface area (Å²) in [5.74, 6) is 3.96. The minimum absolute atomic E-state index is 1.20. The lowest BCUT2D eigenvalue weighted by atomic mass is 10.4. The van der Waals surface area contributed by atoms with Crippen LogP contribution in [0.1, 0.15) is 12.8 Å². The minimum atomic E-state index is 1.20. The van der Waals surface area contributed by atoms with E-state index in [1.165, 1.54) is 30.1 Å². The van der Waals surface area contributed by atoms with Crippen molar-refractivity contribution in [3.8, 4) is 0 Å². The molecule has 0 aromatic heterocycles. The summed E-state index contributed by atoms with van der Waals surface area (Å²) in [6.45, 7) is 0. The highest BCUT2D eigenvalue weighted by Crippen LogP contribution is 2.28. The van der Waals surface area contributed by atoms with Crippen molar-refractivity contribution < 1.29 is 0 Å². The summed E-state index contributed by atoms with van der Waals surface area (Å²) in [5, 5.41) is 2.12. The molecule has 0 spiro atoms. The van der Waals surface area contributed by atoms with Crippen molar-refractivity contribution in [3.63, 3.8) is 0 Å². The molecule has 2 aliphatic rings. The van der Waals surface area contributed by atoms with Gasteiger partial charge in [0.05, 0.1) is 0 Å². The Morgan fingerprint density at radius 2 is 1.64 bits per heavy atom. The third-order valence-electron chi connectivity index (χ3n) is 1.17. The summed E-state index contributed by atoms with van der Waals surface area (Å²) in [6.07, 6.45) is 5.05. The van der Waals surface area contributed by atoms with Gasteiger partial charge in [0.15, 0.2) is 0 Å². The average molecular weight is 224 g/mol. The van der Waals surface area contributed by atoms with Crippen LogP contribution in [0, 0.1) is 0 Å². The highest BCUT2D eigenvalue weighted by molar-refractivity contribution is 8.78. The van der Waals surface area contributed by atoms with Gasteiger partial charge in [0, 0.05) is 17.3 Å². The zero-order valence-corrected chi connectivity index (χ0v) is 9.59. The zero-order valence-electron chi connectivity index (χ0n) is 6.32. The molecule has 4 heteroatoms. The van der Waals surface area contributed by atoms with E-state index in [9.17, 15) is 0 Å². The highest BCUT2D eigenvalue weighted by Gasteiger charge is 1.96. The monoisotopic (exact) mass is 224 g/mol. The summed E-state index contributed by atoms with van der Waals surface area (Å²) in [4.78, 5) is 0. The van der Waals surface area contributed by atoms with Gasteiger partial charge < -0.3 is 0 Å². The van der Waals surface area contributed by atoms with E-state index >= 15 is 0 Å². The molecule has 0 unspecified atom stereocenters. The number of rotatable bonds is 0. The Labute approximate surface area is 84.5 Å². The Morgan fingerprint density at radius 3 is 1.82 bits per heavy atom. The van der Waals surface area contributed by atoms with Gasteiger partial charge in [0.2, 0.25) is 0 Å². The number of hydrogen-bond acceptors (Lipinski definition) is 4. The van der Waals surface area contributed by atoms with Gasteiger partial charge in [-0.3, -0.25) is 0 Å².